The van der Waals surface area contributed by atoms with Crippen molar-refractivity contribution >= 4 is 17.9 Å². The number of methoxy groups -OCH3 is 1. The van der Waals surface area contributed by atoms with Crippen LogP contribution in [0.1, 0.15) is 11.1 Å². The maximum Gasteiger partial charge on any atom is 0.363 e. The van der Waals surface area contributed by atoms with Gasteiger partial charge in [-0.25, -0.2) is 9.79 Å². The highest BCUT2D eigenvalue weighted by Gasteiger charge is 2.24. The van der Waals surface area contributed by atoms with Gasteiger partial charge in [0.15, 0.2) is 5.70 Å². The molecule has 2 heterocycles. The van der Waals surface area contributed by atoms with E-state index in [4.69, 9.17) is 13.9 Å². The van der Waals surface area contributed by atoms with Crippen LogP contribution in [-0.4, -0.2) is 19.0 Å². The molecule has 0 aliphatic carbocycles. The number of cyclic esters (lactones) is 1. The smallest absolute Gasteiger partial charge is 0.363 e. The number of hydrogen-bond donors (Lipinski definition) is 0. The molecule has 0 unspecified atom stereocenters. The van der Waals surface area contributed by atoms with Crippen LogP contribution in [0.4, 0.5) is 0 Å². The van der Waals surface area contributed by atoms with E-state index in [2.05, 4.69) is 4.99 Å². The first-order valence-corrected chi connectivity index (χ1v) is 5.95. The van der Waals surface area contributed by atoms with Gasteiger partial charge in [0.25, 0.3) is 0 Å². The quantitative estimate of drug-likeness (QED) is 0.634. The van der Waals surface area contributed by atoms with Crippen LogP contribution in [0, 0.1) is 0 Å². The largest absolute Gasteiger partial charge is 0.497 e. The maximum atomic E-state index is 11.7. The number of carbonyl (C=O) groups is 1. The highest BCUT2D eigenvalue weighted by Crippen LogP contribution is 2.20. The third kappa shape index (κ3) is 2.33. The summed E-state index contributed by atoms with van der Waals surface area (Å²) in [7, 11) is 1.59. The Kier molecular flexibility index (Phi) is 3.09. The van der Waals surface area contributed by atoms with Crippen LogP contribution >= 0.6 is 0 Å². The van der Waals surface area contributed by atoms with Crippen LogP contribution in [0.2, 0.25) is 0 Å². The molecule has 0 saturated heterocycles. The lowest BCUT2D eigenvalue weighted by atomic mass is 10.2. The molecule has 0 bridgehead atoms. The minimum Gasteiger partial charge on any atom is -0.497 e. The Morgan fingerprint density at radius 2 is 2.00 bits per heavy atom. The van der Waals surface area contributed by atoms with Crippen molar-refractivity contribution in [3.8, 4) is 5.75 Å². The fourth-order valence-corrected chi connectivity index (χ4v) is 1.78. The number of rotatable bonds is 3. The molecule has 0 atom stereocenters. The molecule has 1 aromatic heterocycles. The van der Waals surface area contributed by atoms with E-state index < -0.39 is 5.97 Å². The van der Waals surface area contributed by atoms with Crippen LogP contribution < -0.4 is 4.74 Å². The summed E-state index contributed by atoms with van der Waals surface area (Å²) in [4.78, 5) is 15.9. The van der Waals surface area contributed by atoms with Gasteiger partial charge in [-0.3, -0.25) is 0 Å². The molecule has 5 heteroatoms. The SMILES string of the molecule is COc1ccc(C2=NC(=Cc3ccoc3)C(=O)O2)cc1. The summed E-state index contributed by atoms with van der Waals surface area (Å²) in [6, 6.07) is 8.87. The van der Waals surface area contributed by atoms with E-state index in [9.17, 15) is 4.79 Å². The number of esters is 1. The van der Waals surface area contributed by atoms with Crippen molar-refractivity contribution < 1.29 is 18.7 Å². The second-order valence-electron chi connectivity index (χ2n) is 4.12. The average Bonchev–Trinajstić information content (AvgIpc) is 3.10. The summed E-state index contributed by atoms with van der Waals surface area (Å²) in [6.07, 6.45) is 4.67. The van der Waals surface area contributed by atoms with Gasteiger partial charge in [-0.15, -0.1) is 0 Å². The molecular weight excluding hydrogens is 258 g/mol. The van der Waals surface area contributed by atoms with Crippen molar-refractivity contribution in [1.29, 1.82) is 0 Å². The predicted octanol–water partition coefficient (Wildman–Crippen LogP) is 2.63. The lowest BCUT2D eigenvalue weighted by molar-refractivity contribution is -0.129. The van der Waals surface area contributed by atoms with E-state index in [0.29, 0.717) is 0 Å². The molecule has 0 spiro atoms. The minimum atomic E-state index is -0.475. The highest BCUT2D eigenvalue weighted by atomic mass is 16.6. The van der Waals surface area contributed by atoms with Crippen molar-refractivity contribution in [1.82, 2.24) is 0 Å². The van der Waals surface area contributed by atoms with Crippen LogP contribution in [0.15, 0.2) is 58.0 Å². The summed E-state index contributed by atoms with van der Waals surface area (Å²) in [5.41, 5.74) is 1.73. The molecule has 1 aromatic carbocycles. The Labute approximate surface area is 115 Å². The lowest BCUT2D eigenvalue weighted by Crippen LogP contribution is -2.05. The number of benzene rings is 1. The van der Waals surface area contributed by atoms with Gasteiger partial charge in [0.05, 0.1) is 19.6 Å². The second kappa shape index (κ2) is 5.05. The topological polar surface area (TPSA) is 61.0 Å². The molecule has 0 saturated carbocycles. The normalized spacial score (nSPS) is 16.1. The Balaban J connectivity index is 1.89. The van der Waals surface area contributed by atoms with Crippen molar-refractivity contribution in [2.24, 2.45) is 4.99 Å². The Morgan fingerprint density at radius 1 is 1.20 bits per heavy atom. The minimum absolute atomic E-state index is 0.247. The third-order valence-corrected chi connectivity index (χ3v) is 2.80. The third-order valence-electron chi connectivity index (χ3n) is 2.80. The summed E-state index contributed by atoms with van der Waals surface area (Å²) < 4.78 is 15.2. The van der Waals surface area contributed by atoms with E-state index in [-0.39, 0.29) is 11.6 Å². The zero-order chi connectivity index (χ0) is 13.9. The van der Waals surface area contributed by atoms with E-state index in [1.165, 1.54) is 12.5 Å². The van der Waals surface area contributed by atoms with E-state index >= 15 is 0 Å². The van der Waals surface area contributed by atoms with E-state index in [1.54, 1.807) is 43.5 Å². The lowest BCUT2D eigenvalue weighted by Gasteiger charge is -2.01. The maximum absolute atomic E-state index is 11.7. The number of carbonyl (C=O) groups excluding carboxylic acids is 1. The molecule has 0 N–H and O–H groups in total. The van der Waals surface area contributed by atoms with Crippen molar-refractivity contribution in [3.63, 3.8) is 0 Å². The monoisotopic (exact) mass is 269 g/mol. The Hall–Kier alpha value is -2.82. The summed E-state index contributed by atoms with van der Waals surface area (Å²) in [5.74, 6) is 0.539. The van der Waals surface area contributed by atoms with Crippen molar-refractivity contribution in [2.45, 2.75) is 0 Å². The molecule has 2 aromatic rings. The summed E-state index contributed by atoms with van der Waals surface area (Å²) in [6.45, 7) is 0. The van der Waals surface area contributed by atoms with E-state index in [0.717, 1.165) is 16.9 Å². The average molecular weight is 269 g/mol. The molecule has 1 aliphatic heterocycles. The highest BCUT2D eigenvalue weighted by molar-refractivity contribution is 6.12. The first-order valence-electron chi connectivity index (χ1n) is 5.95. The van der Waals surface area contributed by atoms with Gasteiger partial charge in [-0.2, -0.15) is 0 Å². The molecule has 0 radical (unpaired) electrons. The molecule has 100 valence electrons. The van der Waals surface area contributed by atoms with Gasteiger partial charge in [0, 0.05) is 11.1 Å². The van der Waals surface area contributed by atoms with Crippen LogP contribution in [0.5, 0.6) is 5.75 Å². The zero-order valence-electron chi connectivity index (χ0n) is 10.7. The number of ether oxygens (including phenoxy) is 2. The fraction of sp³-hybridized carbons (Fsp3) is 0.0667. The van der Waals surface area contributed by atoms with Crippen LogP contribution in [0.3, 0.4) is 0 Å². The standard InChI is InChI=1S/C15H11NO4/c1-18-12-4-2-11(3-5-12)14-16-13(15(17)20-14)8-10-6-7-19-9-10/h2-9H,1H3. The summed E-state index contributed by atoms with van der Waals surface area (Å²) >= 11 is 0. The zero-order valence-corrected chi connectivity index (χ0v) is 10.7. The molecule has 1 aliphatic rings. The molecule has 20 heavy (non-hydrogen) atoms. The fourth-order valence-electron chi connectivity index (χ4n) is 1.78. The molecule has 0 amide bonds. The first kappa shape index (κ1) is 12.2. The van der Waals surface area contributed by atoms with Crippen LogP contribution in [0.25, 0.3) is 6.08 Å². The van der Waals surface area contributed by atoms with Crippen molar-refractivity contribution in [2.75, 3.05) is 7.11 Å². The van der Waals surface area contributed by atoms with Crippen LogP contribution in [-0.2, 0) is 9.53 Å². The molecule has 5 nitrogen and oxygen atoms in total. The number of aliphatic imine (C=N–C) groups is 1. The van der Waals surface area contributed by atoms with Gasteiger partial charge in [-0.05, 0) is 36.4 Å². The van der Waals surface area contributed by atoms with Gasteiger partial charge < -0.3 is 13.9 Å². The number of nitrogens with zero attached hydrogens (tertiary/aromatic N) is 1. The van der Waals surface area contributed by atoms with E-state index in [1.807, 2.05) is 0 Å². The van der Waals surface area contributed by atoms with Gasteiger partial charge in [0.2, 0.25) is 5.90 Å². The second-order valence-corrected chi connectivity index (χ2v) is 4.12. The number of furan rings is 1. The number of hydrogen-bond acceptors (Lipinski definition) is 5. The van der Waals surface area contributed by atoms with Crippen molar-refractivity contribution in [3.05, 3.63) is 59.7 Å². The van der Waals surface area contributed by atoms with Gasteiger partial charge >= 0.3 is 5.97 Å². The Morgan fingerprint density at radius 3 is 2.65 bits per heavy atom. The molecular formula is C15H11NO4. The summed E-state index contributed by atoms with van der Waals surface area (Å²) in [5, 5.41) is 0. The molecule has 0 fully saturated rings. The first-order chi connectivity index (χ1) is 9.76. The Bertz CT molecular complexity index is 681. The van der Waals surface area contributed by atoms with Gasteiger partial charge in [0.1, 0.15) is 5.75 Å². The predicted molar refractivity (Wildman–Crippen MR) is 72.3 cm³/mol. The van der Waals surface area contributed by atoms with Gasteiger partial charge in [-0.1, -0.05) is 0 Å². The molecule has 3 rings (SSSR count).